The summed E-state index contributed by atoms with van der Waals surface area (Å²) in [5.74, 6) is 0.234. The Balaban J connectivity index is 2.63. The Morgan fingerprint density at radius 3 is 2.21 bits per heavy atom. The van der Waals surface area contributed by atoms with Crippen molar-refractivity contribution in [3.8, 4) is 11.5 Å². The molecule has 0 N–H and O–H groups in total. The molecule has 8 nitrogen and oxygen atoms in total. The quantitative estimate of drug-likeness (QED) is 0.362. The normalized spacial score (nSPS) is 11.7. The number of rotatable bonds is 11. The zero-order valence-corrected chi connectivity index (χ0v) is 19.9. The molecule has 176 valence electrons. The molecule has 0 aliphatic heterocycles. The molecule has 0 atom stereocenters. The maximum Gasteiger partial charge on any atom is 0.333 e. The molecule has 0 bridgehead atoms. The fraction of sp³-hybridized carbons (Fsp3) is 0.292. The van der Waals surface area contributed by atoms with Crippen molar-refractivity contribution in [2.24, 2.45) is 0 Å². The minimum absolute atomic E-state index is 0.193. The van der Waals surface area contributed by atoms with Crippen LogP contribution >= 0.6 is 11.3 Å². The van der Waals surface area contributed by atoms with Gasteiger partial charge >= 0.3 is 5.97 Å². The minimum Gasteiger partial charge on any atom is -0.497 e. The number of nitrogens with zero attached hydrogens (tertiary/aromatic N) is 2. The monoisotopic (exact) mass is 472 g/mol. The fourth-order valence-electron chi connectivity index (χ4n) is 2.97. The second-order valence-electron chi connectivity index (χ2n) is 6.76. The molecule has 0 fully saturated rings. The first kappa shape index (κ1) is 25.7. The van der Waals surface area contributed by atoms with Crippen molar-refractivity contribution in [3.05, 3.63) is 68.6 Å². The Bertz CT molecular complexity index is 1160. The number of amides is 1. The van der Waals surface area contributed by atoms with E-state index in [1.165, 1.54) is 29.8 Å². The van der Waals surface area contributed by atoms with Crippen molar-refractivity contribution in [3.63, 3.8) is 0 Å². The molecule has 2 aromatic rings. The van der Waals surface area contributed by atoms with Gasteiger partial charge in [0.2, 0.25) is 5.91 Å². The van der Waals surface area contributed by atoms with Gasteiger partial charge in [-0.2, -0.15) is 0 Å². The van der Waals surface area contributed by atoms with Gasteiger partial charge in [0.05, 0.1) is 31.4 Å². The van der Waals surface area contributed by atoms with E-state index >= 15 is 0 Å². The van der Waals surface area contributed by atoms with Crippen molar-refractivity contribution in [1.82, 2.24) is 9.47 Å². The second-order valence-corrected chi connectivity index (χ2v) is 7.82. The molecule has 0 radical (unpaired) electrons. The smallest absolute Gasteiger partial charge is 0.333 e. The number of thiazole rings is 1. The minimum atomic E-state index is -0.594. The van der Waals surface area contributed by atoms with E-state index in [1.54, 1.807) is 43.4 Å². The zero-order valence-electron chi connectivity index (χ0n) is 19.0. The predicted octanol–water partition coefficient (Wildman–Crippen LogP) is 1.30. The van der Waals surface area contributed by atoms with Crippen LogP contribution in [0.4, 0.5) is 0 Å². The summed E-state index contributed by atoms with van der Waals surface area (Å²) in [6.07, 6.45) is 6.07. The molecule has 9 heteroatoms. The van der Waals surface area contributed by atoms with Crippen molar-refractivity contribution >= 4 is 35.4 Å². The van der Waals surface area contributed by atoms with E-state index in [0.717, 1.165) is 11.3 Å². The Morgan fingerprint density at radius 1 is 1.09 bits per heavy atom. The summed E-state index contributed by atoms with van der Waals surface area (Å²) in [4.78, 5) is 39.6. The maximum absolute atomic E-state index is 13.2. The Hall–Kier alpha value is -3.59. The van der Waals surface area contributed by atoms with Crippen molar-refractivity contribution in [2.75, 3.05) is 33.9 Å². The standard InChI is InChI=1S/C24H28N2O6S/c1-6-9-25(10-7-2)21(27)16-26-22(15-23(28)32-8-3)33-20(24(26)29)13-17-11-18(30-4)14-19(12-17)31-5/h6-7,11-15H,1-2,8-10,16H2,3-5H3. The van der Waals surface area contributed by atoms with Gasteiger partial charge < -0.3 is 19.1 Å². The molecule has 1 aromatic heterocycles. The van der Waals surface area contributed by atoms with Crippen LogP contribution in [-0.4, -0.2) is 55.3 Å². The second kappa shape index (κ2) is 12.4. The Kier molecular flexibility index (Phi) is 9.68. The van der Waals surface area contributed by atoms with Crippen LogP contribution in [0.1, 0.15) is 12.5 Å². The highest BCUT2D eigenvalue weighted by Crippen LogP contribution is 2.22. The third-order valence-corrected chi connectivity index (χ3v) is 5.54. The largest absolute Gasteiger partial charge is 0.497 e. The third-order valence-electron chi connectivity index (χ3n) is 4.48. The summed E-state index contributed by atoms with van der Waals surface area (Å²) in [6, 6.07) is 5.22. The van der Waals surface area contributed by atoms with Crippen molar-refractivity contribution in [2.45, 2.75) is 13.5 Å². The van der Waals surface area contributed by atoms with Gasteiger partial charge in [-0.05, 0) is 30.7 Å². The van der Waals surface area contributed by atoms with E-state index in [4.69, 9.17) is 14.2 Å². The number of esters is 1. The first-order valence-corrected chi connectivity index (χ1v) is 11.0. The zero-order chi connectivity index (χ0) is 24.4. The molecule has 0 spiro atoms. The lowest BCUT2D eigenvalue weighted by molar-refractivity contribution is -0.135. The topological polar surface area (TPSA) is 87.1 Å². The van der Waals surface area contributed by atoms with Crippen LogP contribution in [-0.2, 0) is 20.9 Å². The van der Waals surface area contributed by atoms with Gasteiger partial charge in [-0.1, -0.05) is 12.2 Å². The molecule has 0 unspecified atom stereocenters. The summed E-state index contributed by atoms with van der Waals surface area (Å²) in [5.41, 5.74) is 0.272. The predicted molar refractivity (Wildman–Crippen MR) is 129 cm³/mol. The van der Waals surface area contributed by atoms with E-state index in [2.05, 4.69) is 13.2 Å². The van der Waals surface area contributed by atoms with Crippen LogP contribution < -0.4 is 24.2 Å². The number of carbonyl (C=O) groups is 2. The number of benzene rings is 1. The molecule has 33 heavy (non-hydrogen) atoms. The van der Waals surface area contributed by atoms with Crippen LogP contribution in [0.15, 0.2) is 48.3 Å². The lowest BCUT2D eigenvalue weighted by Crippen LogP contribution is -2.40. The SMILES string of the molecule is C=CCN(CC=C)C(=O)Cn1c(=CC(=O)OCC)sc(=Cc2cc(OC)cc(OC)c2)c1=O. The van der Waals surface area contributed by atoms with E-state index in [0.29, 0.717) is 39.3 Å². The highest BCUT2D eigenvalue weighted by Gasteiger charge is 2.15. The fourth-order valence-corrected chi connectivity index (χ4v) is 4.00. The van der Waals surface area contributed by atoms with Crippen LogP contribution in [0.25, 0.3) is 12.2 Å². The van der Waals surface area contributed by atoms with Gasteiger partial charge in [0.1, 0.15) is 22.7 Å². The molecule has 0 saturated carbocycles. The molecule has 0 aliphatic rings. The number of methoxy groups -OCH3 is 2. The molecular weight excluding hydrogens is 444 g/mol. The maximum atomic E-state index is 13.2. The highest BCUT2D eigenvalue weighted by atomic mass is 32.1. The number of aromatic nitrogens is 1. The van der Waals surface area contributed by atoms with E-state index in [9.17, 15) is 14.4 Å². The lowest BCUT2D eigenvalue weighted by Gasteiger charge is -2.19. The average Bonchev–Trinajstić information content (AvgIpc) is 3.07. The van der Waals surface area contributed by atoms with Crippen LogP contribution in [0.2, 0.25) is 0 Å². The van der Waals surface area contributed by atoms with E-state index < -0.39 is 11.5 Å². The Morgan fingerprint density at radius 2 is 1.70 bits per heavy atom. The van der Waals surface area contributed by atoms with Gasteiger partial charge in [0, 0.05) is 19.2 Å². The Labute approximate surface area is 196 Å². The molecule has 2 rings (SSSR count). The molecular formula is C24H28N2O6S. The number of hydrogen-bond acceptors (Lipinski definition) is 7. The summed E-state index contributed by atoms with van der Waals surface area (Å²) in [6.45, 7) is 9.58. The summed E-state index contributed by atoms with van der Waals surface area (Å²) in [5, 5.41) is 0. The molecule has 1 heterocycles. The van der Waals surface area contributed by atoms with Gasteiger partial charge in [-0.3, -0.25) is 14.2 Å². The number of ether oxygens (including phenoxy) is 3. The van der Waals surface area contributed by atoms with Crippen LogP contribution in [0.3, 0.4) is 0 Å². The van der Waals surface area contributed by atoms with Crippen molar-refractivity contribution < 1.29 is 23.8 Å². The van der Waals surface area contributed by atoms with E-state index in [1.807, 2.05) is 0 Å². The lowest BCUT2D eigenvalue weighted by atomic mass is 10.2. The number of carbonyl (C=O) groups excluding carboxylic acids is 2. The van der Waals surface area contributed by atoms with Gasteiger partial charge in [-0.25, -0.2) is 4.79 Å². The summed E-state index contributed by atoms with van der Waals surface area (Å²) in [7, 11) is 3.07. The van der Waals surface area contributed by atoms with Crippen molar-refractivity contribution in [1.29, 1.82) is 0 Å². The molecule has 1 amide bonds. The third kappa shape index (κ3) is 6.95. The van der Waals surface area contributed by atoms with E-state index in [-0.39, 0.29) is 19.1 Å². The van der Waals surface area contributed by atoms with Gasteiger partial charge in [0.15, 0.2) is 0 Å². The molecule has 0 saturated heterocycles. The average molecular weight is 473 g/mol. The van der Waals surface area contributed by atoms with Crippen LogP contribution in [0.5, 0.6) is 11.5 Å². The first-order valence-electron chi connectivity index (χ1n) is 10.2. The van der Waals surface area contributed by atoms with Crippen LogP contribution in [0, 0.1) is 0 Å². The molecule has 0 aliphatic carbocycles. The summed E-state index contributed by atoms with van der Waals surface area (Å²) < 4.78 is 17.5. The highest BCUT2D eigenvalue weighted by molar-refractivity contribution is 7.07. The molecule has 1 aromatic carbocycles. The summed E-state index contributed by atoms with van der Waals surface area (Å²) >= 11 is 1.09. The van der Waals surface area contributed by atoms with Gasteiger partial charge in [-0.15, -0.1) is 24.5 Å². The number of hydrogen-bond donors (Lipinski definition) is 0. The van der Waals surface area contributed by atoms with Gasteiger partial charge in [0.25, 0.3) is 5.56 Å². The first-order chi connectivity index (χ1) is 15.9.